The van der Waals surface area contributed by atoms with Crippen LogP contribution >= 0.6 is 34.8 Å². The molecule has 2 aromatic rings. The lowest BCUT2D eigenvalue weighted by molar-refractivity contribution is -0.120. The minimum atomic E-state index is -0.713. The van der Waals surface area contributed by atoms with Gasteiger partial charge in [-0.2, -0.15) is 0 Å². The fraction of sp³-hybridized carbons (Fsp3) is 0.261. The number of amides is 3. The highest BCUT2D eigenvalue weighted by Crippen LogP contribution is 2.37. The number of hydrogen-bond donors (Lipinski definition) is 2. The van der Waals surface area contributed by atoms with Gasteiger partial charge in [-0.3, -0.25) is 14.4 Å². The van der Waals surface area contributed by atoms with Crippen LogP contribution in [0.1, 0.15) is 42.5 Å². The van der Waals surface area contributed by atoms with Gasteiger partial charge < -0.3 is 10.6 Å². The molecule has 0 radical (unpaired) electrons. The molecule has 3 amide bonds. The Labute approximate surface area is 200 Å². The van der Waals surface area contributed by atoms with Crippen LogP contribution in [-0.4, -0.2) is 23.8 Å². The fourth-order valence-electron chi connectivity index (χ4n) is 3.89. The minimum absolute atomic E-state index is 0.0722. The van der Waals surface area contributed by atoms with Crippen molar-refractivity contribution in [2.75, 3.05) is 10.2 Å². The lowest BCUT2D eigenvalue weighted by Gasteiger charge is -2.22. The second-order valence-corrected chi connectivity index (χ2v) is 8.88. The van der Waals surface area contributed by atoms with E-state index in [2.05, 4.69) is 10.6 Å². The Bertz CT molecular complexity index is 1130. The summed E-state index contributed by atoms with van der Waals surface area (Å²) in [5, 5.41) is 5.95. The lowest BCUT2D eigenvalue weighted by Crippen LogP contribution is -2.36. The topological polar surface area (TPSA) is 78.5 Å². The van der Waals surface area contributed by atoms with Gasteiger partial charge in [-0.1, -0.05) is 66.2 Å². The second kappa shape index (κ2) is 9.53. The third-order valence-corrected chi connectivity index (χ3v) is 6.69. The quantitative estimate of drug-likeness (QED) is 0.541. The van der Waals surface area contributed by atoms with Crippen LogP contribution in [-0.2, 0) is 9.59 Å². The molecular weight excluding hydrogens is 473 g/mol. The molecule has 0 spiro atoms. The number of carbonyl (C=O) groups excluding carboxylic acids is 3. The second-order valence-electron chi connectivity index (χ2n) is 7.72. The number of benzene rings is 2. The summed E-state index contributed by atoms with van der Waals surface area (Å²) in [6, 6.07) is 11.5. The van der Waals surface area contributed by atoms with Crippen molar-refractivity contribution < 1.29 is 14.4 Å². The third kappa shape index (κ3) is 4.49. The predicted molar refractivity (Wildman–Crippen MR) is 126 cm³/mol. The van der Waals surface area contributed by atoms with Gasteiger partial charge in [0.2, 0.25) is 0 Å². The first-order valence-corrected chi connectivity index (χ1v) is 11.4. The lowest BCUT2D eigenvalue weighted by atomic mass is 9.95. The van der Waals surface area contributed by atoms with Gasteiger partial charge in [0.1, 0.15) is 10.7 Å². The summed E-state index contributed by atoms with van der Waals surface area (Å²) in [4.78, 5) is 39.2. The van der Waals surface area contributed by atoms with Crippen LogP contribution in [0.4, 0.5) is 11.4 Å². The molecule has 9 heteroatoms. The van der Waals surface area contributed by atoms with Crippen LogP contribution in [0.5, 0.6) is 0 Å². The maximum atomic E-state index is 13.0. The van der Waals surface area contributed by atoms with E-state index < -0.39 is 11.8 Å². The SMILES string of the molecule is O=C(NC1CCCCC1)c1cccc(NC2=C(Cl)C(=O)N(c3cccc(Cl)c3Cl)C2=O)c1. The standard InChI is InChI=1S/C23H20Cl3N3O3/c24-16-10-5-11-17(18(16)25)29-22(31)19(26)20(23(29)32)27-15-9-4-6-13(12-15)21(30)28-14-7-2-1-3-8-14/h4-6,9-12,14,27H,1-3,7-8H2,(H,28,30). The van der Waals surface area contributed by atoms with Gasteiger partial charge in [-0.25, -0.2) is 4.90 Å². The number of carbonyl (C=O) groups is 3. The van der Waals surface area contributed by atoms with Crippen molar-refractivity contribution in [1.82, 2.24) is 5.32 Å². The summed E-state index contributed by atoms with van der Waals surface area (Å²) in [7, 11) is 0. The Kier molecular flexibility index (Phi) is 6.74. The van der Waals surface area contributed by atoms with Crippen LogP contribution in [0, 0.1) is 0 Å². The van der Waals surface area contributed by atoms with E-state index in [9.17, 15) is 14.4 Å². The van der Waals surface area contributed by atoms with E-state index in [-0.39, 0.29) is 38.4 Å². The smallest absolute Gasteiger partial charge is 0.283 e. The largest absolute Gasteiger partial charge is 0.350 e. The van der Waals surface area contributed by atoms with E-state index in [1.165, 1.54) is 12.5 Å². The van der Waals surface area contributed by atoms with Crippen molar-refractivity contribution in [2.45, 2.75) is 38.1 Å². The van der Waals surface area contributed by atoms with E-state index in [0.29, 0.717) is 11.3 Å². The summed E-state index contributed by atoms with van der Waals surface area (Å²) >= 11 is 18.4. The summed E-state index contributed by atoms with van der Waals surface area (Å²) in [6.45, 7) is 0. The molecule has 4 rings (SSSR count). The molecule has 6 nitrogen and oxygen atoms in total. The number of nitrogens with one attached hydrogen (secondary N) is 2. The molecule has 1 aliphatic carbocycles. The highest BCUT2D eigenvalue weighted by molar-refractivity contribution is 6.54. The molecule has 0 bridgehead atoms. The van der Waals surface area contributed by atoms with E-state index in [4.69, 9.17) is 34.8 Å². The maximum Gasteiger partial charge on any atom is 0.283 e. The van der Waals surface area contributed by atoms with Crippen molar-refractivity contribution in [3.8, 4) is 0 Å². The molecule has 2 aliphatic rings. The molecule has 1 heterocycles. The molecule has 1 fully saturated rings. The maximum absolute atomic E-state index is 13.0. The van der Waals surface area contributed by atoms with Crippen LogP contribution in [0.3, 0.4) is 0 Å². The average Bonchev–Trinajstić information content (AvgIpc) is 3.00. The number of hydrogen-bond acceptors (Lipinski definition) is 4. The van der Waals surface area contributed by atoms with Crippen molar-refractivity contribution in [2.24, 2.45) is 0 Å². The Morgan fingerprint density at radius 2 is 1.66 bits per heavy atom. The number of rotatable bonds is 5. The summed E-state index contributed by atoms with van der Waals surface area (Å²) in [5.41, 5.74) is 0.945. The van der Waals surface area contributed by atoms with Crippen molar-refractivity contribution >= 4 is 63.9 Å². The normalized spacial score (nSPS) is 17.2. The highest BCUT2D eigenvalue weighted by Gasteiger charge is 2.40. The summed E-state index contributed by atoms with van der Waals surface area (Å²) in [6.07, 6.45) is 5.38. The molecule has 1 aliphatic heterocycles. The van der Waals surface area contributed by atoms with E-state index >= 15 is 0 Å². The van der Waals surface area contributed by atoms with Gasteiger partial charge in [0, 0.05) is 17.3 Å². The molecule has 0 atom stereocenters. The number of nitrogens with zero attached hydrogens (tertiary/aromatic N) is 1. The monoisotopic (exact) mass is 491 g/mol. The number of halogens is 3. The zero-order valence-corrected chi connectivity index (χ0v) is 19.2. The third-order valence-electron chi connectivity index (χ3n) is 5.53. The molecule has 2 aromatic carbocycles. The minimum Gasteiger partial charge on any atom is -0.350 e. The fourth-order valence-corrected chi connectivity index (χ4v) is 4.49. The van der Waals surface area contributed by atoms with Crippen molar-refractivity contribution in [1.29, 1.82) is 0 Å². The van der Waals surface area contributed by atoms with Crippen LogP contribution in [0.2, 0.25) is 10.0 Å². The van der Waals surface area contributed by atoms with Gasteiger partial charge in [0.05, 0.1) is 15.7 Å². The Hall–Kier alpha value is -2.54. The number of imide groups is 1. The van der Waals surface area contributed by atoms with Crippen molar-refractivity contribution in [3.63, 3.8) is 0 Å². The molecule has 0 aromatic heterocycles. The van der Waals surface area contributed by atoms with Gasteiger partial charge in [0.15, 0.2) is 0 Å². The Morgan fingerprint density at radius 3 is 2.41 bits per heavy atom. The summed E-state index contributed by atoms with van der Waals surface area (Å²) < 4.78 is 0. The van der Waals surface area contributed by atoms with Gasteiger partial charge in [-0.15, -0.1) is 0 Å². The predicted octanol–water partition coefficient (Wildman–Crippen LogP) is 5.49. The molecular formula is C23H20Cl3N3O3. The first-order chi connectivity index (χ1) is 15.4. The van der Waals surface area contributed by atoms with E-state index in [1.807, 2.05) is 0 Å². The van der Waals surface area contributed by atoms with Crippen LogP contribution in [0.15, 0.2) is 53.2 Å². The molecule has 166 valence electrons. The molecule has 2 N–H and O–H groups in total. The average molecular weight is 493 g/mol. The first-order valence-electron chi connectivity index (χ1n) is 10.3. The van der Waals surface area contributed by atoms with Crippen LogP contribution < -0.4 is 15.5 Å². The zero-order chi connectivity index (χ0) is 22.8. The van der Waals surface area contributed by atoms with Gasteiger partial charge >= 0.3 is 0 Å². The van der Waals surface area contributed by atoms with E-state index in [0.717, 1.165) is 30.6 Å². The first kappa shape index (κ1) is 22.6. The molecule has 0 unspecified atom stereocenters. The zero-order valence-electron chi connectivity index (χ0n) is 17.0. The molecule has 0 saturated heterocycles. The number of anilines is 2. The molecule has 1 saturated carbocycles. The Balaban J connectivity index is 1.53. The summed E-state index contributed by atoms with van der Waals surface area (Å²) in [5.74, 6) is -1.56. The highest BCUT2D eigenvalue weighted by atomic mass is 35.5. The van der Waals surface area contributed by atoms with Crippen molar-refractivity contribution in [3.05, 3.63) is 68.8 Å². The van der Waals surface area contributed by atoms with Gasteiger partial charge in [0.25, 0.3) is 17.7 Å². The van der Waals surface area contributed by atoms with Crippen LogP contribution in [0.25, 0.3) is 0 Å². The van der Waals surface area contributed by atoms with Gasteiger partial charge in [-0.05, 0) is 43.2 Å². The Morgan fingerprint density at radius 1 is 0.938 bits per heavy atom. The van der Waals surface area contributed by atoms with E-state index in [1.54, 1.807) is 36.4 Å². The molecule has 32 heavy (non-hydrogen) atoms.